The number of ether oxygens (including phenoxy) is 1. The minimum absolute atomic E-state index is 0.491. The largest absolute Gasteiger partial charge is 0.491 e. The van der Waals surface area contributed by atoms with Gasteiger partial charge in [-0.25, -0.2) is 0 Å². The van der Waals surface area contributed by atoms with Gasteiger partial charge in [-0.05, 0) is 26.8 Å². The summed E-state index contributed by atoms with van der Waals surface area (Å²) in [4.78, 5) is 2.28. The number of alkyl halides is 1. The van der Waals surface area contributed by atoms with Gasteiger partial charge in [0.1, 0.15) is 5.75 Å². The van der Waals surface area contributed by atoms with Crippen LogP contribution in [0.2, 0.25) is 0 Å². The molecule has 0 saturated carbocycles. The molecular formula is C13H20ClNO. The molecule has 0 aliphatic carbocycles. The fraction of sp³-hybridized carbons (Fsp3) is 0.538. The van der Waals surface area contributed by atoms with Gasteiger partial charge in [0.15, 0.2) is 0 Å². The first kappa shape index (κ1) is 13.2. The first-order chi connectivity index (χ1) is 7.78. The zero-order valence-corrected chi connectivity index (χ0v) is 11.0. The maximum absolute atomic E-state index is 5.93. The average Bonchev–Trinajstić information content (AvgIpc) is 2.32. The van der Waals surface area contributed by atoms with Crippen LogP contribution in [-0.2, 0) is 5.88 Å². The summed E-state index contributed by atoms with van der Waals surface area (Å²) in [7, 11) is 0. The fourth-order valence-corrected chi connectivity index (χ4v) is 2.01. The monoisotopic (exact) mass is 241 g/mol. The Kier molecular flexibility index (Phi) is 5.47. The number of anilines is 1. The molecule has 2 nitrogen and oxygen atoms in total. The summed E-state index contributed by atoms with van der Waals surface area (Å²) in [6.45, 7) is 8.91. The van der Waals surface area contributed by atoms with Gasteiger partial charge in [0.2, 0.25) is 0 Å². The third-order valence-corrected chi connectivity index (χ3v) is 2.90. The van der Waals surface area contributed by atoms with Crippen molar-refractivity contribution in [2.45, 2.75) is 26.7 Å². The second kappa shape index (κ2) is 6.64. The third kappa shape index (κ3) is 2.82. The Morgan fingerprint density at radius 2 is 1.88 bits per heavy atom. The van der Waals surface area contributed by atoms with E-state index in [9.17, 15) is 0 Å². The van der Waals surface area contributed by atoms with Crippen LogP contribution in [0.4, 0.5) is 5.69 Å². The lowest BCUT2D eigenvalue weighted by atomic mass is 10.1. The molecule has 0 amide bonds. The smallest absolute Gasteiger partial charge is 0.146 e. The third-order valence-electron chi connectivity index (χ3n) is 2.61. The molecule has 1 aromatic carbocycles. The molecule has 0 unspecified atom stereocenters. The first-order valence-electron chi connectivity index (χ1n) is 5.84. The Morgan fingerprint density at radius 3 is 2.38 bits per heavy atom. The second-order valence-electron chi connectivity index (χ2n) is 3.50. The summed E-state index contributed by atoms with van der Waals surface area (Å²) in [6, 6.07) is 6.15. The van der Waals surface area contributed by atoms with Gasteiger partial charge < -0.3 is 9.64 Å². The van der Waals surface area contributed by atoms with Crippen LogP contribution in [0.15, 0.2) is 18.2 Å². The lowest BCUT2D eigenvalue weighted by Gasteiger charge is -2.25. The minimum atomic E-state index is 0.491. The van der Waals surface area contributed by atoms with Crippen LogP contribution in [0.25, 0.3) is 0 Å². The standard InChI is InChI=1S/C13H20ClNO/c1-4-15(5-2)12-9-7-8-11(10-14)13(12)16-6-3/h7-9H,4-6,10H2,1-3H3. The highest BCUT2D eigenvalue weighted by atomic mass is 35.5. The van der Waals surface area contributed by atoms with E-state index < -0.39 is 0 Å². The number of halogens is 1. The minimum Gasteiger partial charge on any atom is -0.491 e. The average molecular weight is 242 g/mol. The normalized spacial score (nSPS) is 10.2. The Morgan fingerprint density at radius 1 is 1.19 bits per heavy atom. The molecule has 0 bridgehead atoms. The Labute approximate surface area is 103 Å². The van der Waals surface area contributed by atoms with Gasteiger partial charge in [0.05, 0.1) is 18.2 Å². The topological polar surface area (TPSA) is 12.5 Å². The van der Waals surface area contributed by atoms with Crippen LogP contribution >= 0.6 is 11.6 Å². The Balaban J connectivity index is 3.14. The molecular weight excluding hydrogens is 222 g/mol. The Bertz CT molecular complexity index is 324. The van der Waals surface area contributed by atoms with Crippen molar-refractivity contribution in [3.05, 3.63) is 23.8 Å². The van der Waals surface area contributed by atoms with E-state index in [1.54, 1.807) is 0 Å². The summed E-state index contributed by atoms with van der Waals surface area (Å²) in [5, 5.41) is 0. The van der Waals surface area contributed by atoms with Crippen LogP contribution in [0.3, 0.4) is 0 Å². The number of benzene rings is 1. The van der Waals surface area contributed by atoms with Gasteiger partial charge in [0, 0.05) is 18.7 Å². The lowest BCUT2D eigenvalue weighted by molar-refractivity contribution is 0.338. The number of rotatable bonds is 6. The maximum atomic E-state index is 5.93. The van der Waals surface area contributed by atoms with Crippen LogP contribution in [0.5, 0.6) is 5.75 Å². The SMILES string of the molecule is CCOc1c(CCl)cccc1N(CC)CC. The van der Waals surface area contributed by atoms with Crippen molar-refractivity contribution in [3.63, 3.8) is 0 Å². The fourth-order valence-electron chi connectivity index (χ4n) is 1.80. The predicted octanol–water partition coefficient (Wildman–Crippen LogP) is 3.67. The van der Waals surface area contributed by atoms with E-state index in [-0.39, 0.29) is 0 Å². The van der Waals surface area contributed by atoms with Gasteiger partial charge in [-0.1, -0.05) is 12.1 Å². The number of hydrogen-bond donors (Lipinski definition) is 0. The molecule has 0 fully saturated rings. The van der Waals surface area contributed by atoms with Gasteiger partial charge >= 0.3 is 0 Å². The van der Waals surface area contributed by atoms with E-state index in [0.29, 0.717) is 12.5 Å². The van der Waals surface area contributed by atoms with Crippen LogP contribution in [0.1, 0.15) is 26.3 Å². The van der Waals surface area contributed by atoms with Gasteiger partial charge in [-0.3, -0.25) is 0 Å². The molecule has 0 spiro atoms. The van der Waals surface area contributed by atoms with E-state index >= 15 is 0 Å². The van der Waals surface area contributed by atoms with Crippen LogP contribution in [0, 0.1) is 0 Å². The predicted molar refractivity (Wildman–Crippen MR) is 70.7 cm³/mol. The van der Waals surface area contributed by atoms with Crippen molar-refractivity contribution in [2.24, 2.45) is 0 Å². The van der Waals surface area contributed by atoms with E-state index in [1.807, 2.05) is 19.1 Å². The number of nitrogens with zero attached hydrogens (tertiary/aromatic N) is 1. The molecule has 0 aromatic heterocycles. The molecule has 16 heavy (non-hydrogen) atoms. The van der Waals surface area contributed by atoms with Gasteiger partial charge in [-0.2, -0.15) is 0 Å². The summed E-state index contributed by atoms with van der Waals surface area (Å²) < 4.78 is 5.72. The summed E-state index contributed by atoms with van der Waals surface area (Å²) >= 11 is 5.93. The molecule has 0 aliphatic rings. The molecule has 0 saturated heterocycles. The summed E-state index contributed by atoms with van der Waals surface area (Å²) in [5.41, 5.74) is 2.21. The molecule has 3 heteroatoms. The summed E-state index contributed by atoms with van der Waals surface area (Å²) in [6.07, 6.45) is 0. The van der Waals surface area contributed by atoms with Gasteiger partial charge in [-0.15, -0.1) is 11.6 Å². The van der Waals surface area contributed by atoms with Gasteiger partial charge in [0.25, 0.3) is 0 Å². The highest BCUT2D eigenvalue weighted by Crippen LogP contribution is 2.33. The molecule has 0 atom stereocenters. The maximum Gasteiger partial charge on any atom is 0.146 e. The molecule has 90 valence electrons. The summed E-state index contributed by atoms with van der Waals surface area (Å²) in [5.74, 6) is 1.42. The zero-order valence-electron chi connectivity index (χ0n) is 10.3. The quantitative estimate of drug-likeness (QED) is 0.705. The van der Waals surface area contributed by atoms with Crippen LogP contribution in [-0.4, -0.2) is 19.7 Å². The van der Waals surface area contributed by atoms with E-state index in [1.165, 1.54) is 0 Å². The van der Waals surface area contributed by atoms with E-state index in [0.717, 1.165) is 30.1 Å². The zero-order chi connectivity index (χ0) is 12.0. The molecule has 1 aromatic rings. The lowest BCUT2D eigenvalue weighted by Crippen LogP contribution is -2.22. The highest BCUT2D eigenvalue weighted by molar-refractivity contribution is 6.17. The number of hydrogen-bond acceptors (Lipinski definition) is 2. The number of para-hydroxylation sites is 1. The first-order valence-corrected chi connectivity index (χ1v) is 6.37. The van der Waals surface area contributed by atoms with Crippen molar-refractivity contribution in [3.8, 4) is 5.75 Å². The molecule has 0 aliphatic heterocycles. The van der Waals surface area contributed by atoms with Crippen molar-refractivity contribution in [1.82, 2.24) is 0 Å². The van der Waals surface area contributed by atoms with Crippen molar-refractivity contribution >= 4 is 17.3 Å². The van der Waals surface area contributed by atoms with Crippen molar-refractivity contribution in [2.75, 3.05) is 24.6 Å². The molecule has 0 N–H and O–H groups in total. The molecule has 0 radical (unpaired) electrons. The molecule has 1 rings (SSSR count). The van der Waals surface area contributed by atoms with Crippen molar-refractivity contribution < 1.29 is 4.74 Å². The van der Waals surface area contributed by atoms with Crippen LogP contribution < -0.4 is 9.64 Å². The molecule has 0 heterocycles. The highest BCUT2D eigenvalue weighted by Gasteiger charge is 2.12. The van der Waals surface area contributed by atoms with E-state index in [4.69, 9.17) is 16.3 Å². The van der Waals surface area contributed by atoms with Crippen molar-refractivity contribution in [1.29, 1.82) is 0 Å². The van der Waals surface area contributed by atoms with E-state index in [2.05, 4.69) is 24.8 Å². The second-order valence-corrected chi connectivity index (χ2v) is 3.77. The Hall–Kier alpha value is -0.890.